The first-order chi connectivity index (χ1) is 13.5. The molecular formula is C22H18FN3OS. The third-order valence-electron chi connectivity index (χ3n) is 4.58. The van der Waals surface area contributed by atoms with Gasteiger partial charge in [-0.15, -0.1) is 0 Å². The Morgan fingerprint density at radius 1 is 1.11 bits per heavy atom. The van der Waals surface area contributed by atoms with Gasteiger partial charge in [-0.05, 0) is 37.6 Å². The Hall–Kier alpha value is -2.99. The minimum Gasteiger partial charge on any atom is -0.300 e. The SMILES string of the molecule is CC(=O)[C@@H](C)Sc1ncnc2c1c(-c1ccccc1)cn2-c1cccc(F)c1. The highest BCUT2D eigenvalue weighted by atomic mass is 32.2. The number of halogens is 1. The van der Waals surface area contributed by atoms with Crippen LogP contribution in [0.3, 0.4) is 0 Å². The van der Waals surface area contributed by atoms with E-state index in [4.69, 9.17) is 0 Å². The zero-order chi connectivity index (χ0) is 19.7. The molecule has 0 aliphatic heterocycles. The molecule has 4 nitrogen and oxygen atoms in total. The van der Waals surface area contributed by atoms with Gasteiger partial charge in [-0.25, -0.2) is 14.4 Å². The molecule has 2 heterocycles. The van der Waals surface area contributed by atoms with Crippen LogP contribution in [0, 0.1) is 5.82 Å². The van der Waals surface area contributed by atoms with Crippen molar-refractivity contribution in [3.05, 3.63) is 72.9 Å². The first kappa shape index (κ1) is 18.4. The predicted octanol–water partition coefficient (Wildman–Crippen LogP) is 5.30. The van der Waals surface area contributed by atoms with Gasteiger partial charge in [0.25, 0.3) is 0 Å². The zero-order valence-corrected chi connectivity index (χ0v) is 16.3. The topological polar surface area (TPSA) is 47.8 Å². The van der Waals surface area contributed by atoms with Crippen molar-refractivity contribution in [3.63, 3.8) is 0 Å². The van der Waals surface area contributed by atoms with Gasteiger partial charge in [0.05, 0.1) is 10.6 Å². The van der Waals surface area contributed by atoms with E-state index in [-0.39, 0.29) is 16.9 Å². The van der Waals surface area contributed by atoms with Gasteiger partial charge in [-0.3, -0.25) is 4.79 Å². The molecular weight excluding hydrogens is 373 g/mol. The van der Waals surface area contributed by atoms with Gasteiger partial charge < -0.3 is 4.57 Å². The Kier molecular flexibility index (Phi) is 4.96. The van der Waals surface area contributed by atoms with Gasteiger partial charge in [0.1, 0.15) is 28.6 Å². The van der Waals surface area contributed by atoms with Crippen molar-refractivity contribution in [1.82, 2.24) is 14.5 Å². The van der Waals surface area contributed by atoms with Crippen LogP contribution in [0.1, 0.15) is 13.8 Å². The zero-order valence-electron chi connectivity index (χ0n) is 15.5. The normalized spacial score (nSPS) is 12.2. The molecule has 4 aromatic rings. The Bertz CT molecular complexity index is 1160. The maximum Gasteiger partial charge on any atom is 0.149 e. The molecule has 0 unspecified atom stereocenters. The van der Waals surface area contributed by atoms with Gasteiger partial charge in [-0.1, -0.05) is 48.2 Å². The van der Waals surface area contributed by atoms with Crippen LogP contribution in [-0.2, 0) is 4.79 Å². The Labute approximate surface area is 166 Å². The van der Waals surface area contributed by atoms with E-state index in [1.165, 1.54) is 30.2 Å². The molecule has 0 aliphatic carbocycles. The summed E-state index contributed by atoms with van der Waals surface area (Å²) in [6.07, 6.45) is 3.44. The quantitative estimate of drug-likeness (QED) is 0.342. The van der Waals surface area contributed by atoms with Crippen LogP contribution >= 0.6 is 11.8 Å². The van der Waals surface area contributed by atoms with Gasteiger partial charge in [0, 0.05) is 17.4 Å². The number of hydrogen-bond donors (Lipinski definition) is 0. The van der Waals surface area contributed by atoms with E-state index >= 15 is 0 Å². The first-order valence-electron chi connectivity index (χ1n) is 8.89. The molecule has 2 aromatic carbocycles. The highest BCUT2D eigenvalue weighted by molar-refractivity contribution is 8.00. The van der Waals surface area contributed by atoms with E-state index in [0.717, 1.165) is 21.5 Å². The molecule has 2 aromatic heterocycles. The summed E-state index contributed by atoms with van der Waals surface area (Å²) in [5.41, 5.74) is 3.31. The average molecular weight is 391 g/mol. The molecule has 0 amide bonds. The molecule has 0 fully saturated rings. The average Bonchev–Trinajstić information content (AvgIpc) is 3.09. The summed E-state index contributed by atoms with van der Waals surface area (Å²) in [6, 6.07) is 16.3. The number of thioether (sulfide) groups is 1. The summed E-state index contributed by atoms with van der Waals surface area (Å²) in [4.78, 5) is 20.7. The van der Waals surface area contributed by atoms with Crippen molar-refractivity contribution in [3.8, 4) is 16.8 Å². The molecule has 140 valence electrons. The lowest BCUT2D eigenvalue weighted by molar-refractivity contribution is -0.116. The van der Waals surface area contributed by atoms with E-state index < -0.39 is 0 Å². The highest BCUT2D eigenvalue weighted by Crippen LogP contribution is 2.38. The maximum atomic E-state index is 13.8. The second-order valence-electron chi connectivity index (χ2n) is 6.51. The van der Waals surface area contributed by atoms with Crippen LogP contribution in [-0.4, -0.2) is 25.6 Å². The minimum absolute atomic E-state index is 0.0857. The van der Waals surface area contributed by atoms with Gasteiger partial charge in [0.2, 0.25) is 0 Å². The van der Waals surface area contributed by atoms with E-state index in [1.54, 1.807) is 13.0 Å². The van der Waals surface area contributed by atoms with Crippen molar-refractivity contribution in [2.45, 2.75) is 24.1 Å². The Morgan fingerprint density at radius 3 is 2.61 bits per heavy atom. The lowest BCUT2D eigenvalue weighted by Crippen LogP contribution is -2.08. The van der Waals surface area contributed by atoms with Crippen LogP contribution in [0.4, 0.5) is 4.39 Å². The molecule has 28 heavy (non-hydrogen) atoms. The monoisotopic (exact) mass is 391 g/mol. The highest BCUT2D eigenvalue weighted by Gasteiger charge is 2.20. The maximum absolute atomic E-state index is 13.8. The summed E-state index contributed by atoms with van der Waals surface area (Å²) >= 11 is 1.41. The second-order valence-corrected chi connectivity index (χ2v) is 7.84. The van der Waals surface area contributed by atoms with Crippen molar-refractivity contribution in [1.29, 1.82) is 0 Å². The number of Topliss-reactive ketones (excluding diaryl/α,β-unsaturated/α-hetero) is 1. The molecule has 0 N–H and O–H groups in total. The third-order valence-corrected chi connectivity index (χ3v) is 5.80. The number of benzene rings is 2. The molecule has 0 spiro atoms. The summed E-state index contributed by atoms with van der Waals surface area (Å²) in [7, 11) is 0. The molecule has 6 heteroatoms. The Balaban J connectivity index is 1.99. The molecule has 4 rings (SSSR count). The number of hydrogen-bond acceptors (Lipinski definition) is 4. The standard InChI is InChI=1S/C22H18FN3OS/c1-14(27)15(2)28-22-20-19(16-7-4-3-5-8-16)12-26(21(20)24-13-25-22)18-10-6-9-17(23)11-18/h3-13,15H,1-2H3/t15-/m1/s1. The first-order valence-corrected chi connectivity index (χ1v) is 9.77. The number of nitrogens with zero attached hydrogens (tertiary/aromatic N) is 3. The Morgan fingerprint density at radius 2 is 1.89 bits per heavy atom. The third kappa shape index (κ3) is 3.43. The second kappa shape index (κ2) is 7.56. The van der Waals surface area contributed by atoms with Crippen molar-refractivity contribution >= 4 is 28.6 Å². The molecule has 0 bridgehead atoms. The number of carbonyl (C=O) groups excluding carboxylic acids is 1. The van der Waals surface area contributed by atoms with Gasteiger partial charge in [0.15, 0.2) is 0 Å². The number of carbonyl (C=O) groups is 1. The van der Waals surface area contributed by atoms with E-state index in [9.17, 15) is 9.18 Å². The predicted molar refractivity (Wildman–Crippen MR) is 110 cm³/mol. The van der Waals surface area contributed by atoms with E-state index in [2.05, 4.69) is 9.97 Å². The van der Waals surface area contributed by atoms with Crippen LogP contribution < -0.4 is 0 Å². The van der Waals surface area contributed by atoms with Crippen LogP contribution in [0.25, 0.3) is 27.8 Å². The lowest BCUT2D eigenvalue weighted by Gasteiger charge is -2.09. The van der Waals surface area contributed by atoms with Gasteiger partial charge >= 0.3 is 0 Å². The minimum atomic E-state index is -0.311. The fourth-order valence-corrected chi connectivity index (χ4v) is 3.96. The molecule has 0 saturated heterocycles. The van der Waals surface area contributed by atoms with E-state index in [0.29, 0.717) is 11.3 Å². The van der Waals surface area contributed by atoms with Crippen LogP contribution in [0.15, 0.2) is 72.1 Å². The summed E-state index contributed by atoms with van der Waals surface area (Å²) in [6.45, 7) is 3.44. The van der Waals surface area contributed by atoms with Gasteiger partial charge in [-0.2, -0.15) is 0 Å². The van der Waals surface area contributed by atoms with E-state index in [1.807, 2.05) is 54.1 Å². The van der Waals surface area contributed by atoms with Crippen molar-refractivity contribution in [2.24, 2.45) is 0 Å². The molecule has 0 aliphatic rings. The largest absolute Gasteiger partial charge is 0.300 e. The summed E-state index contributed by atoms with van der Waals surface area (Å²) in [5, 5.41) is 1.37. The number of rotatable bonds is 5. The lowest BCUT2D eigenvalue weighted by atomic mass is 10.1. The molecule has 1 atom stereocenters. The summed E-state index contributed by atoms with van der Waals surface area (Å²) < 4.78 is 15.7. The molecule has 0 radical (unpaired) electrons. The fourth-order valence-electron chi connectivity index (χ4n) is 3.03. The summed E-state index contributed by atoms with van der Waals surface area (Å²) in [5.74, 6) is -0.225. The van der Waals surface area contributed by atoms with Crippen molar-refractivity contribution < 1.29 is 9.18 Å². The number of aromatic nitrogens is 3. The number of fused-ring (bicyclic) bond motifs is 1. The van der Waals surface area contributed by atoms with Crippen LogP contribution in [0.2, 0.25) is 0 Å². The number of ketones is 1. The fraction of sp³-hybridized carbons (Fsp3) is 0.136. The molecule has 0 saturated carbocycles. The van der Waals surface area contributed by atoms with Crippen LogP contribution in [0.5, 0.6) is 0 Å². The van der Waals surface area contributed by atoms with Crippen molar-refractivity contribution in [2.75, 3.05) is 0 Å². The smallest absolute Gasteiger partial charge is 0.149 e.